The molecule has 0 aliphatic carbocycles. The first kappa shape index (κ1) is 22.6. The van der Waals surface area contributed by atoms with Crippen molar-refractivity contribution in [3.63, 3.8) is 0 Å². The van der Waals surface area contributed by atoms with Crippen molar-refractivity contribution in [2.45, 2.75) is 11.6 Å². The molecule has 4 aromatic rings. The molecule has 1 saturated heterocycles. The number of amides is 1. The molecule has 1 aliphatic heterocycles. The molecule has 35 heavy (non-hydrogen) atoms. The lowest BCUT2D eigenvalue weighted by Gasteiger charge is -2.38. The highest BCUT2D eigenvalue weighted by atomic mass is 16.5. The van der Waals surface area contributed by atoms with Gasteiger partial charge in [0.25, 0.3) is 0 Å². The zero-order chi connectivity index (χ0) is 24.4. The number of hydrogen-bond acceptors (Lipinski definition) is 5. The molecule has 3 aromatic carbocycles. The van der Waals surface area contributed by atoms with Crippen molar-refractivity contribution >= 4 is 17.7 Å². The summed E-state index contributed by atoms with van der Waals surface area (Å²) >= 11 is 0. The van der Waals surface area contributed by atoms with Gasteiger partial charge in [0.2, 0.25) is 11.7 Å². The third kappa shape index (κ3) is 3.90. The van der Waals surface area contributed by atoms with E-state index in [1.54, 1.807) is 7.05 Å². The number of carbonyl (C=O) groups excluding carboxylic acids is 2. The average molecular weight is 467 g/mol. The lowest BCUT2D eigenvalue weighted by Crippen LogP contribution is -2.40. The molecule has 1 amide bonds. The van der Waals surface area contributed by atoms with E-state index in [0.29, 0.717) is 12.4 Å². The third-order valence-corrected chi connectivity index (χ3v) is 6.53. The number of ether oxygens (including phenoxy) is 1. The van der Waals surface area contributed by atoms with E-state index in [1.807, 2.05) is 54.6 Å². The van der Waals surface area contributed by atoms with Gasteiger partial charge in [0.1, 0.15) is 11.9 Å². The summed E-state index contributed by atoms with van der Waals surface area (Å²) in [5.41, 5.74) is 2.61. The lowest BCUT2D eigenvalue weighted by atomic mass is 9.76. The van der Waals surface area contributed by atoms with Crippen LogP contribution in [0.4, 0.5) is 5.82 Å². The topological polar surface area (TPSA) is 76.2 Å². The highest BCUT2D eigenvalue weighted by Gasteiger charge is 2.56. The summed E-state index contributed by atoms with van der Waals surface area (Å²) in [6, 6.07) is 30.4. The van der Waals surface area contributed by atoms with Crippen LogP contribution in [-0.4, -0.2) is 46.0 Å². The number of nitrogens with zero attached hydrogens (tertiary/aromatic N) is 3. The van der Waals surface area contributed by atoms with Crippen molar-refractivity contribution in [2.24, 2.45) is 7.05 Å². The Kier molecular flexibility index (Phi) is 5.93. The molecule has 0 bridgehead atoms. The van der Waals surface area contributed by atoms with Gasteiger partial charge in [0.05, 0.1) is 18.8 Å². The van der Waals surface area contributed by atoms with Crippen molar-refractivity contribution in [3.05, 3.63) is 120 Å². The van der Waals surface area contributed by atoms with Crippen LogP contribution >= 0.6 is 0 Å². The fourth-order valence-corrected chi connectivity index (χ4v) is 4.79. The van der Waals surface area contributed by atoms with E-state index in [-0.39, 0.29) is 17.8 Å². The molecule has 0 spiro atoms. The van der Waals surface area contributed by atoms with E-state index >= 15 is 0 Å². The van der Waals surface area contributed by atoms with Gasteiger partial charge in [-0.3, -0.25) is 9.69 Å². The van der Waals surface area contributed by atoms with Crippen LogP contribution in [0.5, 0.6) is 0 Å². The van der Waals surface area contributed by atoms with Gasteiger partial charge >= 0.3 is 5.97 Å². The number of esters is 1. The second-order valence-electron chi connectivity index (χ2n) is 8.48. The zero-order valence-electron chi connectivity index (χ0n) is 19.6. The minimum absolute atomic E-state index is 0.127. The second kappa shape index (κ2) is 9.19. The summed E-state index contributed by atoms with van der Waals surface area (Å²) in [6.07, 6.45) is 1.47. The minimum atomic E-state index is -0.643. The van der Waals surface area contributed by atoms with Gasteiger partial charge in [-0.15, -0.1) is 0 Å². The Morgan fingerprint density at radius 3 is 1.83 bits per heavy atom. The minimum Gasteiger partial charge on any atom is -0.463 e. The molecule has 2 unspecified atom stereocenters. The quantitative estimate of drug-likeness (QED) is 0.255. The smallest absolute Gasteiger partial charge is 0.374 e. The van der Waals surface area contributed by atoms with Gasteiger partial charge in [0.15, 0.2) is 0 Å². The fourth-order valence-electron chi connectivity index (χ4n) is 4.79. The number of hydrogen-bond donors (Lipinski definition) is 1. The van der Waals surface area contributed by atoms with Gasteiger partial charge in [0, 0.05) is 13.6 Å². The molecule has 1 aromatic heterocycles. The monoisotopic (exact) mass is 466 g/mol. The van der Waals surface area contributed by atoms with Gasteiger partial charge in [-0.1, -0.05) is 91.0 Å². The molecule has 1 N–H and O–H groups in total. The fraction of sp³-hybridized carbons (Fsp3) is 0.179. The average Bonchev–Trinajstić information content (AvgIpc) is 3.63. The first-order valence-corrected chi connectivity index (χ1v) is 11.4. The van der Waals surface area contributed by atoms with Gasteiger partial charge < -0.3 is 14.6 Å². The summed E-state index contributed by atoms with van der Waals surface area (Å²) < 4.78 is 6.28. The Morgan fingerprint density at radius 1 is 0.886 bits per heavy atom. The number of rotatable bonds is 7. The first-order valence-electron chi connectivity index (χ1n) is 11.4. The summed E-state index contributed by atoms with van der Waals surface area (Å²) in [5.74, 6) is -0.150. The van der Waals surface area contributed by atoms with E-state index in [9.17, 15) is 9.59 Å². The van der Waals surface area contributed by atoms with Crippen molar-refractivity contribution in [1.29, 1.82) is 0 Å². The molecule has 5 rings (SSSR count). The predicted octanol–water partition coefficient (Wildman–Crippen LogP) is 3.82. The van der Waals surface area contributed by atoms with Crippen LogP contribution < -0.4 is 5.32 Å². The Hall–Kier alpha value is -4.23. The van der Waals surface area contributed by atoms with Crippen LogP contribution in [-0.2, 0) is 22.1 Å². The highest BCUT2D eigenvalue weighted by Crippen LogP contribution is 2.48. The second-order valence-corrected chi connectivity index (χ2v) is 8.48. The van der Waals surface area contributed by atoms with E-state index in [2.05, 4.69) is 51.6 Å². The number of carbonyl (C=O) groups is 2. The standard InChI is InChI=1S/C28H26N4O3/c1-31-24(18-29-25(31)27(34)35-2)30-26(33)23-19-32(23)28(20-12-6-3-7-13-20,21-14-8-4-9-15-21)22-16-10-5-11-17-22/h3-18,23H,19H2,1-2H3,(H,30,33). The summed E-state index contributed by atoms with van der Waals surface area (Å²) in [4.78, 5) is 31.6. The maximum Gasteiger partial charge on any atom is 0.374 e. The van der Waals surface area contributed by atoms with Gasteiger partial charge in [-0.2, -0.15) is 0 Å². The van der Waals surface area contributed by atoms with Crippen LogP contribution in [0.2, 0.25) is 0 Å². The molecule has 7 nitrogen and oxygen atoms in total. The highest BCUT2D eigenvalue weighted by molar-refractivity contribution is 5.97. The summed E-state index contributed by atoms with van der Waals surface area (Å²) in [5, 5.41) is 2.94. The zero-order valence-corrected chi connectivity index (χ0v) is 19.6. The van der Waals surface area contributed by atoms with Crippen molar-refractivity contribution in [2.75, 3.05) is 19.0 Å². The summed E-state index contributed by atoms with van der Waals surface area (Å²) in [7, 11) is 2.97. The number of nitrogens with one attached hydrogen (secondary N) is 1. The molecule has 1 aliphatic rings. The first-order chi connectivity index (χ1) is 17.1. The SMILES string of the molecule is COC(=O)c1ncc(NC(=O)C2CN2C(c2ccccc2)(c2ccccc2)c2ccccc2)n1C. The molecule has 2 atom stereocenters. The maximum atomic E-state index is 13.4. The van der Waals surface area contributed by atoms with Crippen LogP contribution in [0.1, 0.15) is 27.3 Å². The lowest BCUT2D eigenvalue weighted by molar-refractivity contribution is -0.116. The molecular formula is C28H26N4O3. The predicted molar refractivity (Wildman–Crippen MR) is 133 cm³/mol. The molecule has 7 heteroatoms. The third-order valence-electron chi connectivity index (χ3n) is 6.53. The number of methoxy groups -OCH3 is 1. The normalized spacial score (nSPS) is 17.0. The Bertz CT molecular complexity index is 1240. The Morgan fingerprint density at radius 2 is 1.37 bits per heavy atom. The van der Waals surface area contributed by atoms with Crippen molar-refractivity contribution in [1.82, 2.24) is 14.5 Å². The van der Waals surface area contributed by atoms with E-state index < -0.39 is 11.5 Å². The molecular weight excluding hydrogens is 440 g/mol. The van der Waals surface area contributed by atoms with E-state index in [1.165, 1.54) is 17.9 Å². The Labute approximate surface area is 204 Å². The number of benzene rings is 3. The summed E-state index contributed by atoms with van der Waals surface area (Å²) in [6.45, 7) is 0.576. The van der Waals surface area contributed by atoms with Crippen LogP contribution in [0.15, 0.2) is 97.2 Å². The van der Waals surface area contributed by atoms with Crippen molar-refractivity contribution < 1.29 is 14.3 Å². The van der Waals surface area contributed by atoms with Gasteiger partial charge in [-0.25, -0.2) is 9.78 Å². The van der Waals surface area contributed by atoms with Crippen LogP contribution in [0, 0.1) is 0 Å². The van der Waals surface area contributed by atoms with E-state index in [0.717, 1.165) is 16.7 Å². The number of imidazole rings is 1. The van der Waals surface area contributed by atoms with Crippen LogP contribution in [0.25, 0.3) is 0 Å². The largest absolute Gasteiger partial charge is 0.463 e. The van der Waals surface area contributed by atoms with Crippen LogP contribution in [0.3, 0.4) is 0 Å². The maximum absolute atomic E-state index is 13.4. The van der Waals surface area contributed by atoms with Gasteiger partial charge in [-0.05, 0) is 16.7 Å². The van der Waals surface area contributed by atoms with E-state index in [4.69, 9.17) is 4.74 Å². The molecule has 0 radical (unpaired) electrons. The molecule has 176 valence electrons. The molecule has 0 saturated carbocycles. The number of aromatic nitrogens is 2. The molecule has 1 fully saturated rings. The number of anilines is 1. The Balaban J connectivity index is 1.54. The van der Waals surface area contributed by atoms with Crippen molar-refractivity contribution in [3.8, 4) is 0 Å². The molecule has 2 heterocycles.